The van der Waals surface area contributed by atoms with E-state index in [4.69, 9.17) is 0 Å². The maximum absolute atomic E-state index is 4.42. The second-order valence-corrected chi connectivity index (χ2v) is 23.9. The maximum Gasteiger partial charge on any atom is 0.0720 e. The van der Waals surface area contributed by atoms with Gasteiger partial charge in [0.05, 0.1) is 22.8 Å². The normalized spacial score (nSPS) is 9.92. The number of benzene rings is 4. The van der Waals surface area contributed by atoms with E-state index in [1.165, 1.54) is 61.2 Å². The molecule has 0 unspecified atom stereocenters. The molecule has 0 radical (unpaired) electrons. The molecule has 0 fully saturated rings. The Bertz CT molecular complexity index is 4390. The van der Waals surface area contributed by atoms with Gasteiger partial charge in [-0.3, -0.25) is 59.8 Å². The minimum atomic E-state index is 0.980. The summed E-state index contributed by atoms with van der Waals surface area (Å²) >= 11 is 0. The monoisotopic (exact) mass is 1360 g/mol. The van der Waals surface area contributed by atoms with E-state index in [1.807, 2.05) is 286 Å². The molecule has 12 nitrogen and oxygen atoms in total. The Morgan fingerprint density at radius 1 is 0.163 bits per heavy atom. The molecule has 0 bridgehead atoms. The topological polar surface area (TPSA) is 155 Å². The van der Waals surface area contributed by atoms with Gasteiger partial charge in [0.25, 0.3) is 0 Å². The van der Waals surface area contributed by atoms with Crippen LogP contribution in [-0.4, -0.2) is 59.8 Å². The lowest BCUT2D eigenvalue weighted by Gasteiger charge is -2.00. The molecular weight excluding hydrogens is 1270 g/mol. The van der Waals surface area contributed by atoms with Crippen molar-refractivity contribution in [1.82, 2.24) is 59.8 Å². The zero-order valence-corrected chi connectivity index (χ0v) is 60.0. The molecular formula is C92H84N12. The van der Waals surface area contributed by atoms with E-state index in [-0.39, 0.29) is 0 Å². The van der Waals surface area contributed by atoms with Crippen molar-refractivity contribution in [2.24, 2.45) is 0 Å². The minimum Gasteiger partial charge on any atom is -0.265 e. The summed E-state index contributed by atoms with van der Waals surface area (Å²) < 4.78 is 0. The van der Waals surface area contributed by atoms with Crippen molar-refractivity contribution in [2.75, 3.05) is 0 Å². The molecule has 12 heteroatoms. The second kappa shape index (κ2) is 41.3. The predicted molar refractivity (Wildman–Crippen MR) is 426 cm³/mol. The molecule has 0 aliphatic carbocycles. The summed E-state index contributed by atoms with van der Waals surface area (Å²) in [6.07, 6.45) is 25.5. The van der Waals surface area contributed by atoms with E-state index < -0.39 is 0 Å². The number of pyridine rings is 12. The Balaban J connectivity index is 0.000000138. The SMILES string of the molecule is Cc1cc(-c2ccccc2)ccn1.Cc1cc(-c2cccnc2)ccn1.Cc1cc(-c2ccncc2)ccn1.Cc1ccc(-c2ccccc2)cn1.Cc1ccc(-c2ccccc2)nc1.Cc1ccc(-c2ccccn2)cc1.Cc1cccc(-c2cccnc2)n1.Cc1cccc(-c2ccncc2)n1. The molecule has 0 N–H and O–H groups in total. The van der Waals surface area contributed by atoms with Gasteiger partial charge < -0.3 is 0 Å². The Labute approximate surface area is 612 Å². The lowest BCUT2D eigenvalue weighted by atomic mass is 10.1. The van der Waals surface area contributed by atoms with Gasteiger partial charge in [-0.25, -0.2) is 0 Å². The minimum absolute atomic E-state index is 0.980. The van der Waals surface area contributed by atoms with Crippen LogP contribution in [-0.2, 0) is 0 Å². The average Bonchev–Trinajstić information content (AvgIpc) is 0.962. The molecule has 12 heterocycles. The van der Waals surface area contributed by atoms with Crippen molar-refractivity contribution in [3.05, 3.63) is 411 Å². The molecule has 12 aromatic heterocycles. The van der Waals surface area contributed by atoms with E-state index in [0.717, 1.165) is 73.6 Å². The molecule has 0 saturated carbocycles. The van der Waals surface area contributed by atoms with Crippen molar-refractivity contribution in [3.63, 3.8) is 0 Å². The number of nitrogens with zero attached hydrogens (tertiary/aromatic N) is 12. The molecule has 16 rings (SSSR count). The molecule has 4 aromatic carbocycles. The Hall–Kier alpha value is -13.3. The predicted octanol–water partition coefficient (Wildman–Crippen LogP) is 22.0. The molecule has 0 aliphatic rings. The molecule has 512 valence electrons. The maximum atomic E-state index is 4.42. The summed E-state index contributed by atoms with van der Waals surface area (Å²) in [7, 11) is 0. The van der Waals surface area contributed by atoms with Gasteiger partial charge >= 0.3 is 0 Å². The van der Waals surface area contributed by atoms with Crippen LogP contribution in [0.15, 0.2) is 366 Å². The number of rotatable bonds is 8. The largest absolute Gasteiger partial charge is 0.265 e. The third-order valence-corrected chi connectivity index (χ3v) is 15.5. The first-order valence-corrected chi connectivity index (χ1v) is 34.2. The zero-order valence-electron chi connectivity index (χ0n) is 60.0. The number of hydrogen-bond acceptors (Lipinski definition) is 12. The highest BCUT2D eigenvalue weighted by atomic mass is 14.7. The van der Waals surface area contributed by atoms with Gasteiger partial charge in [0.1, 0.15) is 0 Å². The van der Waals surface area contributed by atoms with Crippen molar-refractivity contribution in [2.45, 2.75) is 55.4 Å². The summed E-state index contributed by atoms with van der Waals surface area (Å²) in [6.45, 7) is 16.1. The molecule has 0 saturated heterocycles. The molecule has 0 amide bonds. The van der Waals surface area contributed by atoms with E-state index in [9.17, 15) is 0 Å². The van der Waals surface area contributed by atoms with Crippen LogP contribution in [0.4, 0.5) is 0 Å². The first-order chi connectivity index (χ1) is 50.9. The summed E-state index contributed by atoms with van der Waals surface area (Å²) in [5.74, 6) is 0. The van der Waals surface area contributed by atoms with Crippen molar-refractivity contribution in [3.8, 4) is 89.5 Å². The van der Waals surface area contributed by atoms with Gasteiger partial charge in [-0.05, 0) is 222 Å². The Morgan fingerprint density at radius 2 is 0.548 bits per heavy atom. The van der Waals surface area contributed by atoms with Gasteiger partial charge in [-0.1, -0.05) is 157 Å². The average molecular weight is 1360 g/mol. The third kappa shape index (κ3) is 25.8. The molecule has 16 aromatic rings. The van der Waals surface area contributed by atoms with E-state index in [2.05, 4.69) is 158 Å². The fourth-order valence-corrected chi connectivity index (χ4v) is 10.1. The Morgan fingerprint density at radius 3 is 1.00 bits per heavy atom. The standard InChI is InChI=1S/4C12H11N.4C11H10N2/c1-10-5-7-11(8-6-10)12-4-2-3-9-13-12;1-10-9-12(7-8-13-10)11-5-3-2-4-6-11;1-10-7-8-12(9-13-10)11-5-3-2-4-6-11;1-10-7-8-12(13-9-10)11-5-3-2-4-6-11;1-9-8-11(4-7-13-9)10-2-5-12-6-3-10;1-9-4-2-6-11(13-9)10-5-3-7-12-8-10;1-9-7-10(4-6-13-9)11-3-2-5-12-8-11;1-9-3-2-4-11(13-9)10-5-7-12-8-6-10/h4*2-9H,1H3;4*2-8H,1H3. The van der Waals surface area contributed by atoms with Crippen molar-refractivity contribution < 1.29 is 0 Å². The van der Waals surface area contributed by atoms with Crippen LogP contribution in [0.3, 0.4) is 0 Å². The molecule has 0 aliphatic heterocycles. The fourth-order valence-electron chi connectivity index (χ4n) is 10.1. The van der Waals surface area contributed by atoms with Crippen LogP contribution in [0, 0.1) is 55.4 Å². The van der Waals surface area contributed by atoms with Crippen LogP contribution in [0.25, 0.3) is 89.5 Å². The summed E-state index contributed by atoms with van der Waals surface area (Å²) in [4.78, 5) is 50.2. The quantitative estimate of drug-likeness (QED) is 0.142. The van der Waals surface area contributed by atoms with Crippen LogP contribution < -0.4 is 0 Å². The van der Waals surface area contributed by atoms with Gasteiger partial charge in [0.2, 0.25) is 0 Å². The zero-order chi connectivity index (χ0) is 72.8. The molecule has 104 heavy (non-hydrogen) atoms. The van der Waals surface area contributed by atoms with Gasteiger partial charge in [-0.15, -0.1) is 0 Å². The Kier molecular flexibility index (Phi) is 29.7. The lowest BCUT2D eigenvalue weighted by molar-refractivity contribution is 1.19. The third-order valence-electron chi connectivity index (χ3n) is 15.5. The van der Waals surface area contributed by atoms with Crippen LogP contribution in [0.2, 0.25) is 0 Å². The highest BCUT2D eigenvalue weighted by Crippen LogP contribution is 2.23. The highest BCUT2D eigenvalue weighted by molar-refractivity contribution is 5.66. The first-order valence-electron chi connectivity index (χ1n) is 34.2. The second-order valence-electron chi connectivity index (χ2n) is 23.9. The summed E-state index contributed by atoms with van der Waals surface area (Å²) in [6, 6.07) is 93.4. The van der Waals surface area contributed by atoms with Crippen LogP contribution >= 0.6 is 0 Å². The van der Waals surface area contributed by atoms with Crippen molar-refractivity contribution in [1.29, 1.82) is 0 Å². The van der Waals surface area contributed by atoms with Gasteiger partial charge in [0, 0.05) is 154 Å². The first kappa shape index (κ1) is 74.9. The lowest BCUT2D eigenvalue weighted by Crippen LogP contribution is -1.85. The fraction of sp³-hybridized carbons (Fsp3) is 0.0870. The highest BCUT2D eigenvalue weighted by Gasteiger charge is 2.03. The van der Waals surface area contributed by atoms with E-state index >= 15 is 0 Å². The van der Waals surface area contributed by atoms with Crippen LogP contribution in [0.1, 0.15) is 45.3 Å². The smallest absolute Gasteiger partial charge is 0.0720 e. The number of hydrogen-bond donors (Lipinski definition) is 0. The van der Waals surface area contributed by atoms with Crippen molar-refractivity contribution >= 4 is 0 Å². The van der Waals surface area contributed by atoms with E-state index in [1.54, 1.807) is 37.2 Å². The molecule has 0 spiro atoms. The van der Waals surface area contributed by atoms with E-state index in [0.29, 0.717) is 0 Å². The number of aryl methyl sites for hydroxylation is 8. The molecule has 0 atom stereocenters. The van der Waals surface area contributed by atoms with Gasteiger partial charge in [0.15, 0.2) is 0 Å². The van der Waals surface area contributed by atoms with Gasteiger partial charge in [-0.2, -0.15) is 0 Å². The van der Waals surface area contributed by atoms with Crippen LogP contribution in [0.5, 0.6) is 0 Å². The summed E-state index contributed by atoms with van der Waals surface area (Å²) in [5.41, 5.74) is 26.8. The number of aromatic nitrogens is 12. The summed E-state index contributed by atoms with van der Waals surface area (Å²) in [5, 5.41) is 0.